The van der Waals surface area contributed by atoms with Gasteiger partial charge in [-0.25, -0.2) is 4.68 Å². The highest BCUT2D eigenvalue weighted by Gasteiger charge is 2.17. The van der Waals surface area contributed by atoms with Crippen LogP contribution < -0.4 is 15.4 Å². The zero-order valence-electron chi connectivity index (χ0n) is 17.2. The molecule has 4 aromatic rings. The second kappa shape index (κ2) is 7.86. The van der Waals surface area contributed by atoms with Gasteiger partial charge in [-0.15, -0.1) is 5.10 Å². The molecule has 0 fully saturated rings. The number of methoxy groups -OCH3 is 1. The van der Waals surface area contributed by atoms with Gasteiger partial charge in [0.15, 0.2) is 5.82 Å². The fourth-order valence-corrected chi connectivity index (χ4v) is 3.12. The summed E-state index contributed by atoms with van der Waals surface area (Å²) in [6.07, 6.45) is 1.77. The van der Waals surface area contributed by atoms with Crippen molar-refractivity contribution in [3.63, 3.8) is 0 Å². The van der Waals surface area contributed by atoms with E-state index in [0.29, 0.717) is 23.1 Å². The molecular weight excluding hydrogens is 382 g/mol. The normalized spacial score (nSPS) is 11.1. The van der Waals surface area contributed by atoms with Crippen LogP contribution in [0.4, 0.5) is 11.6 Å². The molecule has 2 aromatic carbocycles. The Bertz CT molecular complexity index is 1210. The lowest BCUT2D eigenvalue weighted by atomic mass is 10.1. The predicted molar refractivity (Wildman–Crippen MR) is 115 cm³/mol. The fraction of sp³-hybridized carbons (Fsp3) is 0.238. The average molecular weight is 405 g/mol. The SMILES string of the molecule is COc1cc(-c2nc(Nc3ccc4[nH]ncc4c3)n(C)n2)ccc1C(=O)NC(C)C. The lowest BCUT2D eigenvalue weighted by Gasteiger charge is -2.12. The van der Waals surface area contributed by atoms with Gasteiger partial charge >= 0.3 is 0 Å². The first-order chi connectivity index (χ1) is 14.4. The molecule has 0 unspecified atom stereocenters. The maximum Gasteiger partial charge on any atom is 0.255 e. The molecule has 0 bridgehead atoms. The van der Waals surface area contributed by atoms with Crippen molar-refractivity contribution < 1.29 is 9.53 Å². The van der Waals surface area contributed by atoms with Crippen molar-refractivity contribution in [2.45, 2.75) is 19.9 Å². The van der Waals surface area contributed by atoms with Crippen LogP contribution in [0.3, 0.4) is 0 Å². The molecule has 30 heavy (non-hydrogen) atoms. The van der Waals surface area contributed by atoms with E-state index in [2.05, 4.69) is 30.9 Å². The third kappa shape index (κ3) is 3.82. The Morgan fingerprint density at radius 1 is 1.20 bits per heavy atom. The summed E-state index contributed by atoms with van der Waals surface area (Å²) in [6.45, 7) is 3.82. The minimum Gasteiger partial charge on any atom is -0.496 e. The van der Waals surface area contributed by atoms with E-state index < -0.39 is 0 Å². The van der Waals surface area contributed by atoms with E-state index in [0.717, 1.165) is 22.2 Å². The van der Waals surface area contributed by atoms with Gasteiger partial charge < -0.3 is 15.4 Å². The highest BCUT2D eigenvalue weighted by Crippen LogP contribution is 2.27. The van der Waals surface area contributed by atoms with Gasteiger partial charge in [0.25, 0.3) is 5.91 Å². The molecule has 9 nitrogen and oxygen atoms in total. The number of aryl methyl sites for hydroxylation is 1. The number of carbonyl (C=O) groups excluding carboxylic acids is 1. The second-order valence-corrected chi connectivity index (χ2v) is 7.22. The van der Waals surface area contributed by atoms with E-state index in [1.165, 1.54) is 7.11 Å². The first-order valence-electron chi connectivity index (χ1n) is 9.55. The number of amides is 1. The highest BCUT2D eigenvalue weighted by molar-refractivity contribution is 5.97. The van der Waals surface area contributed by atoms with Crippen LogP contribution in [0, 0.1) is 0 Å². The van der Waals surface area contributed by atoms with Crippen molar-refractivity contribution in [3.8, 4) is 17.1 Å². The van der Waals surface area contributed by atoms with Crippen molar-refractivity contribution >= 4 is 28.4 Å². The molecule has 3 N–H and O–H groups in total. The molecule has 0 spiro atoms. The van der Waals surface area contributed by atoms with E-state index in [1.54, 1.807) is 23.0 Å². The van der Waals surface area contributed by atoms with E-state index >= 15 is 0 Å². The van der Waals surface area contributed by atoms with E-state index in [-0.39, 0.29) is 11.9 Å². The summed E-state index contributed by atoms with van der Waals surface area (Å²) in [5.74, 6) is 1.41. The van der Waals surface area contributed by atoms with Gasteiger partial charge in [0.2, 0.25) is 5.95 Å². The zero-order valence-corrected chi connectivity index (χ0v) is 17.2. The van der Waals surface area contributed by atoms with Crippen LogP contribution in [0.25, 0.3) is 22.3 Å². The molecule has 4 rings (SSSR count). The first-order valence-corrected chi connectivity index (χ1v) is 9.55. The molecule has 2 aromatic heterocycles. The molecular formula is C21H23N7O2. The van der Waals surface area contributed by atoms with Crippen LogP contribution in [0.15, 0.2) is 42.6 Å². The summed E-state index contributed by atoms with van der Waals surface area (Å²) in [5.41, 5.74) is 3.07. The fourth-order valence-electron chi connectivity index (χ4n) is 3.12. The summed E-state index contributed by atoms with van der Waals surface area (Å²) < 4.78 is 7.10. The Hall–Kier alpha value is -3.88. The number of aromatic amines is 1. The van der Waals surface area contributed by atoms with Crippen molar-refractivity contribution in [1.82, 2.24) is 30.3 Å². The van der Waals surface area contributed by atoms with E-state index in [4.69, 9.17) is 4.74 Å². The smallest absolute Gasteiger partial charge is 0.255 e. The Morgan fingerprint density at radius 3 is 2.80 bits per heavy atom. The van der Waals surface area contributed by atoms with Crippen LogP contribution in [0.1, 0.15) is 24.2 Å². The number of anilines is 2. The molecule has 0 atom stereocenters. The lowest BCUT2D eigenvalue weighted by Crippen LogP contribution is -2.30. The lowest BCUT2D eigenvalue weighted by molar-refractivity contribution is 0.0940. The summed E-state index contributed by atoms with van der Waals surface area (Å²) in [6, 6.07) is 11.2. The molecule has 154 valence electrons. The maximum atomic E-state index is 12.4. The van der Waals surface area contributed by atoms with Crippen LogP contribution in [-0.4, -0.2) is 44.0 Å². The van der Waals surface area contributed by atoms with Gasteiger partial charge in [-0.05, 0) is 44.2 Å². The molecule has 0 aliphatic heterocycles. The summed E-state index contributed by atoms with van der Waals surface area (Å²) in [5, 5.41) is 18.6. The van der Waals surface area contributed by atoms with Crippen LogP contribution in [0.2, 0.25) is 0 Å². The average Bonchev–Trinajstić information content (AvgIpc) is 3.33. The van der Waals surface area contributed by atoms with Gasteiger partial charge in [-0.3, -0.25) is 9.89 Å². The number of benzene rings is 2. The number of hydrogen-bond acceptors (Lipinski definition) is 6. The summed E-state index contributed by atoms with van der Waals surface area (Å²) in [4.78, 5) is 17.0. The van der Waals surface area contributed by atoms with E-state index in [9.17, 15) is 4.79 Å². The molecule has 0 radical (unpaired) electrons. The highest BCUT2D eigenvalue weighted by atomic mass is 16.5. The Morgan fingerprint density at radius 2 is 2.03 bits per heavy atom. The van der Waals surface area contributed by atoms with Gasteiger partial charge in [-0.1, -0.05) is 6.07 Å². The number of fused-ring (bicyclic) bond motifs is 1. The number of hydrogen-bond donors (Lipinski definition) is 3. The quantitative estimate of drug-likeness (QED) is 0.454. The Labute approximate surface area is 173 Å². The van der Waals surface area contributed by atoms with Crippen LogP contribution >= 0.6 is 0 Å². The van der Waals surface area contributed by atoms with Gasteiger partial charge in [0.05, 0.1) is 24.4 Å². The predicted octanol–water partition coefficient (Wildman–Crippen LogP) is 3.25. The molecule has 0 saturated carbocycles. The van der Waals surface area contributed by atoms with Gasteiger partial charge in [0, 0.05) is 29.7 Å². The standard InChI is InChI=1S/C21H23N7O2/c1-12(2)23-20(29)16-7-5-13(10-18(16)30-4)19-25-21(28(3)27-19)24-15-6-8-17-14(9-15)11-22-26-17/h5-12H,1-4H3,(H,22,26)(H,23,29)(H,24,25,27). The minimum absolute atomic E-state index is 0.0363. The van der Waals surface area contributed by atoms with E-state index in [1.807, 2.05) is 45.2 Å². The third-order valence-corrected chi connectivity index (χ3v) is 4.58. The van der Waals surface area contributed by atoms with Crippen molar-refractivity contribution in [1.29, 1.82) is 0 Å². The maximum absolute atomic E-state index is 12.4. The Kier molecular flexibility index (Phi) is 5.09. The Balaban J connectivity index is 1.61. The zero-order chi connectivity index (χ0) is 21.3. The molecule has 0 aliphatic rings. The number of carbonyl (C=O) groups is 1. The third-order valence-electron chi connectivity index (χ3n) is 4.58. The summed E-state index contributed by atoms with van der Waals surface area (Å²) >= 11 is 0. The van der Waals surface area contributed by atoms with Crippen LogP contribution in [-0.2, 0) is 7.05 Å². The van der Waals surface area contributed by atoms with Crippen molar-refractivity contribution in [2.24, 2.45) is 7.05 Å². The number of ether oxygens (including phenoxy) is 1. The number of nitrogens with one attached hydrogen (secondary N) is 3. The summed E-state index contributed by atoms with van der Waals surface area (Å²) in [7, 11) is 3.35. The minimum atomic E-state index is -0.181. The largest absolute Gasteiger partial charge is 0.496 e. The number of rotatable bonds is 6. The molecule has 0 saturated heterocycles. The molecule has 9 heteroatoms. The molecule has 2 heterocycles. The second-order valence-electron chi connectivity index (χ2n) is 7.22. The number of H-pyrrole nitrogens is 1. The first kappa shape index (κ1) is 19.4. The molecule has 0 aliphatic carbocycles. The monoisotopic (exact) mass is 405 g/mol. The van der Waals surface area contributed by atoms with Crippen LogP contribution in [0.5, 0.6) is 5.75 Å². The van der Waals surface area contributed by atoms with Crippen molar-refractivity contribution in [3.05, 3.63) is 48.2 Å². The van der Waals surface area contributed by atoms with Crippen molar-refractivity contribution in [2.75, 3.05) is 12.4 Å². The number of aromatic nitrogens is 5. The van der Waals surface area contributed by atoms with Gasteiger partial charge in [0.1, 0.15) is 5.75 Å². The number of nitrogens with zero attached hydrogens (tertiary/aromatic N) is 4. The molecule has 1 amide bonds. The topological polar surface area (TPSA) is 110 Å². The van der Waals surface area contributed by atoms with Gasteiger partial charge in [-0.2, -0.15) is 10.1 Å².